The molecule has 0 bridgehead atoms. The molecule has 5 heteroatoms. The van der Waals surface area contributed by atoms with Gasteiger partial charge in [0.05, 0.1) is 12.2 Å². The molecule has 2 rings (SSSR count). The molecule has 1 amide bonds. The van der Waals surface area contributed by atoms with Gasteiger partial charge in [-0.1, -0.05) is 12.1 Å². The molecule has 1 N–H and O–H groups in total. The van der Waals surface area contributed by atoms with Crippen LogP contribution in [0.1, 0.15) is 17.3 Å². The van der Waals surface area contributed by atoms with E-state index in [4.69, 9.17) is 4.74 Å². The zero-order chi connectivity index (χ0) is 13.7. The van der Waals surface area contributed by atoms with Crippen molar-refractivity contribution in [3.63, 3.8) is 0 Å². The molecule has 1 aromatic carbocycles. The molecule has 0 aliphatic carbocycles. The monoisotopic (exact) mass is 368 g/mol. The van der Waals surface area contributed by atoms with Crippen LogP contribution in [-0.2, 0) is 0 Å². The maximum absolute atomic E-state index is 12.2. The minimum absolute atomic E-state index is 0.168. The van der Waals surface area contributed by atoms with Crippen LogP contribution in [0.15, 0.2) is 42.6 Å². The van der Waals surface area contributed by atoms with Gasteiger partial charge in [0.1, 0.15) is 5.69 Å². The van der Waals surface area contributed by atoms with Crippen LogP contribution in [0.2, 0.25) is 0 Å². The van der Waals surface area contributed by atoms with E-state index in [1.54, 1.807) is 24.4 Å². The van der Waals surface area contributed by atoms with Crippen molar-refractivity contribution in [2.45, 2.75) is 6.92 Å². The standard InChI is InChI=1S/C14H13IN2O2/c1-2-19-14-12(8-5-9-16-14)17-13(18)10-6-3-4-7-11(10)15/h3-9H,2H2,1H3,(H,17,18). The smallest absolute Gasteiger partial charge is 0.256 e. The number of hydrogen-bond acceptors (Lipinski definition) is 3. The Hall–Kier alpha value is -1.63. The second kappa shape index (κ2) is 6.51. The van der Waals surface area contributed by atoms with Crippen LogP contribution in [0.3, 0.4) is 0 Å². The van der Waals surface area contributed by atoms with Gasteiger partial charge in [0, 0.05) is 9.77 Å². The summed E-state index contributed by atoms with van der Waals surface area (Å²) >= 11 is 2.14. The first-order valence-electron chi connectivity index (χ1n) is 5.86. The largest absolute Gasteiger partial charge is 0.476 e. The van der Waals surface area contributed by atoms with Crippen LogP contribution in [0.4, 0.5) is 5.69 Å². The molecule has 0 saturated heterocycles. The fourth-order valence-corrected chi connectivity index (χ4v) is 2.21. The summed E-state index contributed by atoms with van der Waals surface area (Å²) in [5.74, 6) is 0.267. The number of pyridine rings is 1. The Labute approximate surface area is 125 Å². The normalized spacial score (nSPS) is 10.0. The number of ether oxygens (including phenoxy) is 1. The number of amides is 1. The average Bonchev–Trinajstić information content (AvgIpc) is 2.41. The van der Waals surface area contributed by atoms with Crippen LogP contribution in [0.5, 0.6) is 5.88 Å². The van der Waals surface area contributed by atoms with Crippen molar-refractivity contribution in [1.82, 2.24) is 4.98 Å². The summed E-state index contributed by atoms with van der Waals surface area (Å²) in [7, 11) is 0. The highest BCUT2D eigenvalue weighted by Crippen LogP contribution is 2.22. The predicted molar refractivity (Wildman–Crippen MR) is 82.5 cm³/mol. The molecule has 4 nitrogen and oxygen atoms in total. The van der Waals surface area contributed by atoms with Gasteiger partial charge in [-0.3, -0.25) is 4.79 Å². The summed E-state index contributed by atoms with van der Waals surface area (Å²) in [6.07, 6.45) is 1.63. The van der Waals surface area contributed by atoms with Gasteiger partial charge < -0.3 is 10.1 Å². The van der Waals surface area contributed by atoms with Crippen molar-refractivity contribution in [3.05, 3.63) is 51.7 Å². The zero-order valence-corrected chi connectivity index (χ0v) is 12.5. The second-order valence-electron chi connectivity index (χ2n) is 3.72. The van der Waals surface area contributed by atoms with Gasteiger partial charge in [-0.15, -0.1) is 0 Å². The SMILES string of the molecule is CCOc1ncccc1NC(=O)c1ccccc1I. The molecule has 1 aromatic heterocycles. The first kappa shape index (κ1) is 13.8. The first-order valence-corrected chi connectivity index (χ1v) is 6.94. The maximum atomic E-state index is 12.2. The summed E-state index contributed by atoms with van der Waals surface area (Å²) in [4.78, 5) is 16.3. The predicted octanol–water partition coefficient (Wildman–Crippen LogP) is 3.34. The molecule has 0 aliphatic rings. The molecule has 0 radical (unpaired) electrons. The van der Waals surface area contributed by atoms with Crippen LogP contribution < -0.4 is 10.1 Å². The van der Waals surface area contributed by atoms with Crippen molar-refractivity contribution in [3.8, 4) is 5.88 Å². The third kappa shape index (κ3) is 3.44. The summed E-state index contributed by atoms with van der Waals surface area (Å²) in [6.45, 7) is 2.38. The Bertz CT molecular complexity index is 587. The van der Waals surface area contributed by atoms with Crippen molar-refractivity contribution in [2.24, 2.45) is 0 Å². The lowest BCUT2D eigenvalue weighted by atomic mass is 10.2. The van der Waals surface area contributed by atoms with Crippen LogP contribution >= 0.6 is 22.6 Å². The minimum Gasteiger partial charge on any atom is -0.476 e. The molecule has 0 spiro atoms. The van der Waals surface area contributed by atoms with Gasteiger partial charge in [0.25, 0.3) is 5.91 Å². The fourth-order valence-electron chi connectivity index (χ4n) is 1.57. The van der Waals surface area contributed by atoms with Crippen molar-refractivity contribution < 1.29 is 9.53 Å². The molecule has 2 aromatic rings. The summed E-state index contributed by atoms with van der Waals surface area (Å²) in [5.41, 5.74) is 1.21. The number of carbonyl (C=O) groups is 1. The second-order valence-corrected chi connectivity index (χ2v) is 4.89. The Morgan fingerprint density at radius 1 is 1.32 bits per heavy atom. The van der Waals surface area contributed by atoms with Gasteiger partial charge >= 0.3 is 0 Å². The molecule has 0 aliphatic heterocycles. The van der Waals surface area contributed by atoms with Gasteiger partial charge in [0.15, 0.2) is 0 Å². The Kier molecular flexibility index (Phi) is 4.73. The summed E-state index contributed by atoms with van der Waals surface area (Å²) < 4.78 is 6.28. The zero-order valence-electron chi connectivity index (χ0n) is 10.4. The Morgan fingerprint density at radius 3 is 2.84 bits per heavy atom. The summed E-state index contributed by atoms with van der Waals surface area (Å²) in [5, 5.41) is 2.82. The Balaban J connectivity index is 2.22. The highest BCUT2D eigenvalue weighted by molar-refractivity contribution is 14.1. The van der Waals surface area contributed by atoms with Gasteiger partial charge in [-0.2, -0.15) is 0 Å². The van der Waals surface area contributed by atoms with E-state index in [1.807, 2.05) is 25.1 Å². The van der Waals surface area contributed by atoms with E-state index in [0.717, 1.165) is 3.57 Å². The molecular formula is C14H13IN2O2. The van der Waals surface area contributed by atoms with E-state index in [2.05, 4.69) is 32.9 Å². The molecule has 0 saturated carbocycles. The number of anilines is 1. The minimum atomic E-state index is -0.168. The maximum Gasteiger partial charge on any atom is 0.256 e. The van der Waals surface area contributed by atoms with E-state index >= 15 is 0 Å². The molecular weight excluding hydrogens is 355 g/mol. The first-order chi connectivity index (χ1) is 9.22. The number of nitrogens with zero attached hydrogens (tertiary/aromatic N) is 1. The average molecular weight is 368 g/mol. The Morgan fingerprint density at radius 2 is 2.11 bits per heavy atom. The fraction of sp³-hybridized carbons (Fsp3) is 0.143. The number of halogens is 1. The lowest BCUT2D eigenvalue weighted by Crippen LogP contribution is -2.14. The highest BCUT2D eigenvalue weighted by atomic mass is 127. The van der Waals surface area contributed by atoms with E-state index in [9.17, 15) is 4.79 Å². The summed E-state index contributed by atoms with van der Waals surface area (Å²) in [6, 6.07) is 10.9. The highest BCUT2D eigenvalue weighted by Gasteiger charge is 2.12. The quantitative estimate of drug-likeness (QED) is 0.843. The van der Waals surface area contributed by atoms with Gasteiger partial charge in [-0.25, -0.2) is 4.98 Å². The van der Waals surface area contributed by atoms with Crippen molar-refractivity contribution >= 4 is 34.2 Å². The number of nitrogens with one attached hydrogen (secondary N) is 1. The van der Waals surface area contributed by atoms with E-state index in [-0.39, 0.29) is 5.91 Å². The van der Waals surface area contributed by atoms with E-state index in [1.165, 1.54) is 0 Å². The molecule has 98 valence electrons. The third-order valence-electron chi connectivity index (χ3n) is 2.42. The molecule has 0 unspecified atom stereocenters. The number of hydrogen-bond donors (Lipinski definition) is 1. The molecule has 0 atom stereocenters. The van der Waals surface area contributed by atoms with E-state index in [0.29, 0.717) is 23.7 Å². The third-order valence-corrected chi connectivity index (χ3v) is 3.36. The molecule has 0 fully saturated rings. The topological polar surface area (TPSA) is 51.2 Å². The van der Waals surface area contributed by atoms with Crippen LogP contribution in [0, 0.1) is 3.57 Å². The molecule has 1 heterocycles. The van der Waals surface area contributed by atoms with E-state index < -0.39 is 0 Å². The molecule has 19 heavy (non-hydrogen) atoms. The number of carbonyl (C=O) groups excluding carboxylic acids is 1. The lowest BCUT2D eigenvalue weighted by Gasteiger charge is -2.10. The van der Waals surface area contributed by atoms with Gasteiger partial charge in [-0.05, 0) is 53.8 Å². The van der Waals surface area contributed by atoms with Crippen molar-refractivity contribution in [2.75, 3.05) is 11.9 Å². The van der Waals surface area contributed by atoms with Crippen LogP contribution in [0.25, 0.3) is 0 Å². The number of aromatic nitrogens is 1. The lowest BCUT2D eigenvalue weighted by molar-refractivity contribution is 0.102. The van der Waals surface area contributed by atoms with Gasteiger partial charge in [0.2, 0.25) is 5.88 Å². The number of rotatable bonds is 4. The number of benzene rings is 1. The van der Waals surface area contributed by atoms with Crippen molar-refractivity contribution in [1.29, 1.82) is 0 Å². The van der Waals surface area contributed by atoms with Crippen LogP contribution in [-0.4, -0.2) is 17.5 Å².